The first kappa shape index (κ1) is 19.5. The third kappa shape index (κ3) is 5.11. The van der Waals surface area contributed by atoms with Crippen molar-refractivity contribution in [2.75, 3.05) is 0 Å². The lowest BCUT2D eigenvalue weighted by atomic mass is 10.0. The van der Waals surface area contributed by atoms with Gasteiger partial charge in [0, 0.05) is 10.6 Å². The van der Waals surface area contributed by atoms with Crippen molar-refractivity contribution in [1.82, 2.24) is 10.2 Å². The van der Waals surface area contributed by atoms with Crippen LogP contribution in [0.5, 0.6) is 5.75 Å². The number of aryl methyl sites for hydroxylation is 2. The van der Waals surface area contributed by atoms with Gasteiger partial charge >= 0.3 is 0 Å². The number of carbonyl (C=O) groups is 1. The van der Waals surface area contributed by atoms with E-state index < -0.39 is 0 Å². The number of halogens is 1. The van der Waals surface area contributed by atoms with Crippen LogP contribution in [0.15, 0.2) is 52.1 Å². The SMILES string of the molecule is Cc1ccc(C)c(C(=O)C(C)Sc2nnc(COc3ccc(Cl)cc3)o2)c1. The molecule has 7 heteroatoms. The highest BCUT2D eigenvalue weighted by Crippen LogP contribution is 2.26. The largest absolute Gasteiger partial charge is 0.484 e. The normalized spacial score (nSPS) is 12.0. The molecule has 1 atom stereocenters. The lowest BCUT2D eigenvalue weighted by molar-refractivity contribution is 0.0993. The van der Waals surface area contributed by atoms with Crippen molar-refractivity contribution in [3.05, 3.63) is 70.1 Å². The summed E-state index contributed by atoms with van der Waals surface area (Å²) in [6.45, 7) is 5.89. The number of nitrogens with zero attached hydrogens (tertiary/aromatic N) is 2. The van der Waals surface area contributed by atoms with Crippen LogP contribution in [0.1, 0.15) is 34.3 Å². The molecule has 0 spiro atoms. The minimum Gasteiger partial charge on any atom is -0.484 e. The molecule has 5 nitrogen and oxygen atoms in total. The van der Waals surface area contributed by atoms with Gasteiger partial charge < -0.3 is 9.15 Å². The summed E-state index contributed by atoms with van der Waals surface area (Å²) in [4.78, 5) is 12.7. The second-order valence-corrected chi connectivity index (χ2v) is 7.88. The summed E-state index contributed by atoms with van der Waals surface area (Å²) in [7, 11) is 0. The summed E-state index contributed by atoms with van der Waals surface area (Å²) in [6, 6.07) is 12.9. The number of ether oxygens (including phenoxy) is 1. The van der Waals surface area contributed by atoms with Gasteiger partial charge in [-0.1, -0.05) is 41.1 Å². The lowest BCUT2D eigenvalue weighted by Gasteiger charge is -2.10. The summed E-state index contributed by atoms with van der Waals surface area (Å²) in [5.41, 5.74) is 2.74. The first-order chi connectivity index (χ1) is 12.9. The zero-order valence-corrected chi connectivity index (χ0v) is 16.8. The van der Waals surface area contributed by atoms with Crippen LogP contribution in [0.2, 0.25) is 5.02 Å². The Morgan fingerprint density at radius 2 is 1.93 bits per heavy atom. The third-order valence-corrected chi connectivity index (χ3v) is 5.12. The molecule has 27 heavy (non-hydrogen) atoms. The van der Waals surface area contributed by atoms with Gasteiger partial charge in [-0.2, -0.15) is 0 Å². The maximum Gasteiger partial charge on any atom is 0.277 e. The fraction of sp³-hybridized carbons (Fsp3) is 0.250. The van der Waals surface area contributed by atoms with Crippen molar-refractivity contribution in [2.45, 2.75) is 37.9 Å². The van der Waals surface area contributed by atoms with E-state index in [0.717, 1.165) is 16.7 Å². The van der Waals surface area contributed by atoms with E-state index >= 15 is 0 Å². The molecular weight excluding hydrogens is 384 g/mol. The van der Waals surface area contributed by atoms with Crippen molar-refractivity contribution in [3.8, 4) is 5.75 Å². The second-order valence-electron chi connectivity index (χ2n) is 6.15. The number of Topliss-reactive ketones (excluding diaryl/α,β-unsaturated/α-hetero) is 1. The second kappa shape index (κ2) is 8.59. The Morgan fingerprint density at radius 1 is 1.19 bits per heavy atom. The summed E-state index contributed by atoms with van der Waals surface area (Å²) < 4.78 is 11.2. The standard InChI is InChI=1S/C20H19ClN2O3S/c1-12-4-5-13(2)17(10-12)19(24)14(3)27-20-23-22-18(26-20)11-25-16-8-6-15(21)7-9-16/h4-10,14H,11H2,1-3H3. The van der Waals surface area contributed by atoms with E-state index in [9.17, 15) is 4.79 Å². The molecule has 3 aromatic rings. The van der Waals surface area contributed by atoms with Gasteiger partial charge in [-0.15, -0.1) is 10.2 Å². The third-order valence-electron chi connectivity index (χ3n) is 3.93. The summed E-state index contributed by atoms with van der Waals surface area (Å²) in [6.07, 6.45) is 0. The van der Waals surface area contributed by atoms with E-state index in [1.807, 2.05) is 39.0 Å². The first-order valence-electron chi connectivity index (χ1n) is 8.41. The molecule has 0 N–H and O–H groups in total. The van der Waals surface area contributed by atoms with Crippen molar-refractivity contribution in [1.29, 1.82) is 0 Å². The maximum absolute atomic E-state index is 12.7. The van der Waals surface area contributed by atoms with Gasteiger partial charge in [-0.3, -0.25) is 4.79 Å². The van der Waals surface area contributed by atoms with Gasteiger partial charge in [0.05, 0.1) is 5.25 Å². The average Bonchev–Trinajstić information content (AvgIpc) is 3.10. The highest BCUT2D eigenvalue weighted by atomic mass is 35.5. The van der Waals surface area contributed by atoms with E-state index in [1.54, 1.807) is 24.3 Å². The van der Waals surface area contributed by atoms with Crippen LogP contribution in [0, 0.1) is 13.8 Å². The number of carbonyl (C=O) groups excluding carboxylic acids is 1. The van der Waals surface area contributed by atoms with Crippen molar-refractivity contribution >= 4 is 29.1 Å². The number of ketones is 1. The summed E-state index contributed by atoms with van der Waals surface area (Å²) in [5, 5.41) is 8.60. The predicted molar refractivity (Wildman–Crippen MR) is 106 cm³/mol. The van der Waals surface area contributed by atoms with Crippen molar-refractivity contribution in [3.63, 3.8) is 0 Å². The van der Waals surface area contributed by atoms with Gasteiger partial charge in [0.25, 0.3) is 11.1 Å². The van der Waals surface area contributed by atoms with Gasteiger partial charge in [0.2, 0.25) is 0 Å². The highest BCUT2D eigenvalue weighted by Gasteiger charge is 2.21. The molecule has 0 bridgehead atoms. The van der Waals surface area contributed by atoms with Crippen LogP contribution in [0.3, 0.4) is 0 Å². The molecule has 0 aliphatic carbocycles. The molecule has 0 aliphatic heterocycles. The summed E-state index contributed by atoms with van der Waals surface area (Å²) >= 11 is 7.08. The molecule has 2 aromatic carbocycles. The van der Waals surface area contributed by atoms with Gasteiger partial charge in [-0.05, 0) is 56.7 Å². The minimum absolute atomic E-state index is 0.0402. The topological polar surface area (TPSA) is 65.2 Å². The van der Waals surface area contributed by atoms with Crippen molar-refractivity contribution in [2.24, 2.45) is 0 Å². The predicted octanol–water partition coefficient (Wildman–Crippen LogP) is 5.28. The van der Waals surface area contributed by atoms with Crippen LogP contribution in [0.25, 0.3) is 0 Å². The van der Waals surface area contributed by atoms with Gasteiger partial charge in [0.15, 0.2) is 12.4 Å². The molecular formula is C20H19ClN2O3S. The van der Waals surface area contributed by atoms with Crippen LogP contribution < -0.4 is 4.74 Å². The Morgan fingerprint density at radius 3 is 2.67 bits per heavy atom. The molecule has 0 aliphatic rings. The average molecular weight is 403 g/mol. The molecule has 140 valence electrons. The van der Waals surface area contributed by atoms with Crippen molar-refractivity contribution < 1.29 is 13.9 Å². The highest BCUT2D eigenvalue weighted by molar-refractivity contribution is 8.00. The number of rotatable bonds is 7. The minimum atomic E-state index is -0.337. The van der Waals surface area contributed by atoms with Gasteiger partial charge in [0.1, 0.15) is 5.75 Å². The van der Waals surface area contributed by atoms with E-state index in [-0.39, 0.29) is 17.6 Å². The fourth-order valence-corrected chi connectivity index (χ4v) is 3.34. The lowest BCUT2D eigenvalue weighted by Crippen LogP contribution is -2.15. The number of benzene rings is 2. The van der Waals surface area contributed by atoms with E-state index in [2.05, 4.69) is 10.2 Å². The van der Waals surface area contributed by atoms with Crippen LogP contribution in [0.4, 0.5) is 0 Å². The molecule has 0 saturated heterocycles. The maximum atomic E-state index is 12.7. The first-order valence-corrected chi connectivity index (χ1v) is 9.67. The molecule has 1 aromatic heterocycles. The van der Waals surface area contributed by atoms with E-state index in [1.165, 1.54) is 11.8 Å². The number of thioether (sulfide) groups is 1. The van der Waals surface area contributed by atoms with Crippen LogP contribution in [-0.4, -0.2) is 21.2 Å². The zero-order chi connectivity index (χ0) is 19.4. The molecule has 3 rings (SSSR count). The molecule has 0 radical (unpaired) electrons. The molecule has 1 heterocycles. The van der Waals surface area contributed by atoms with E-state index in [4.69, 9.17) is 20.8 Å². The van der Waals surface area contributed by atoms with Crippen LogP contribution in [-0.2, 0) is 6.61 Å². The van der Waals surface area contributed by atoms with E-state index in [0.29, 0.717) is 21.9 Å². The Bertz CT molecular complexity index is 941. The van der Waals surface area contributed by atoms with Crippen LogP contribution >= 0.6 is 23.4 Å². The Labute approximate surface area is 167 Å². The quantitative estimate of drug-likeness (QED) is 0.395. The summed E-state index contributed by atoms with van der Waals surface area (Å²) in [5.74, 6) is 1.04. The monoisotopic (exact) mass is 402 g/mol. The molecule has 1 unspecified atom stereocenters. The molecule has 0 fully saturated rings. The number of hydrogen-bond acceptors (Lipinski definition) is 6. The Balaban J connectivity index is 1.60. The van der Waals surface area contributed by atoms with Gasteiger partial charge in [-0.25, -0.2) is 0 Å². The fourth-order valence-electron chi connectivity index (χ4n) is 2.45. The zero-order valence-electron chi connectivity index (χ0n) is 15.2. The number of hydrogen-bond donors (Lipinski definition) is 0. The molecule has 0 saturated carbocycles. The Hall–Kier alpha value is -2.31. The number of aromatic nitrogens is 2. The smallest absolute Gasteiger partial charge is 0.277 e. The molecule has 0 amide bonds. The Kier molecular flexibility index (Phi) is 6.19.